The Kier molecular flexibility index (Phi) is 4.62. The average molecular weight is 254 g/mol. The molecule has 0 aromatic rings. The first-order valence-corrected chi connectivity index (χ1v) is 7.36. The lowest BCUT2D eigenvalue weighted by atomic mass is 9.80. The zero-order valence-electron chi connectivity index (χ0n) is 11.5. The van der Waals surface area contributed by atoms with Crippen molar-refractivity contribution >= 4 is 5.97 Å². The van der Waals surface area contributed by atoms with Crippen LogP contribution in [0.5, 0.6) is 0 Å². The molecule has 1 aliphatic carbocycles. The van der Waals surface area contributed by atoms with E-state index >= 15 is 0 Å². The summed E-state index contributed by atoms with van der Waals surface area (Å²) in [7, 11) is 0. The number of ether oxygens (including phenoxy) is 1. The molecule has 0 bridgehead atoms. The molecule has 4 heteroatoms. The number of nitrogens with zero attached hydrogens (tertiary/aromatic N) is 1. The Bertz CT molecular complexity index is 282. The number of hydrogen-bond acceptors (Lipinski definition) is 4. The maximum absolute atomic E-state index is 12.2. The molecule has 1 heterocycles. The van der Waals surface area contributed by atoms with E-state index in [1.165, 1.54) is 25.7 Å². The second-order valence-corrected chi connectivity index (χ2v) is 5.55. The Labute approximate surface area is 110 Å². The molecule has 0 amide bonds. The van der Waals surface area contributed by atoms with Crippen molar-refractivity contribution in [1.29, 1.82) is 0 Å². The van der Waals surface area contributed by atoms with Gasteiger partial charge in [0.2, 0.25) is 0 Å². The van der Waals surface area contributed by atoms with Crippen LogP contribution in [0.1, 0.15) is 45.4 Å². The van der Waals surface area contributed by atoms with E-state index in [0.29, 0.717) is 13.2 Å². The normalized spacial score (nSPS) is 25.2. The van der Waals surface area contributed by atoms with Gasteiger partial charge in [0.05, 0.1) is 12.5 Å². The van der Waals surface area contributed by atoms with Crippen LogP contribution in [0.25, 0.3) is 0 Å². The standard InChI is InChI=1S/C14H26N2O2/c1-2-18-13(17)12(11-15)14(7-3-4-8-14)16-9-5-6-10-16/h12H,2-11,15H2,1H3/t12-/m1/s1. The Balaban J connectivity index is 2.18. The van der Waals surface area contributed by atoms with Crippen molar-refractivity contribution in [3.63, 3.8) is 0 Å². The zero-order chi connectivity index (χ0) is 13.0. The Morgan fingerprint density at radius 2 is 1.89 bits per heavy atom. The van der Waals surface area contributed by atoms with Crippen LogP contribution in [0.3, 0.4) is 0 Å². The Morgan fingerprint density at radius 3 is 2.39 bits per heavy atom. The molecule has 0 spiro atoms. The number of likely N-dealkylation sites (tertiary alicyclic amines) is 1. The summed E-state index contributed by atoms with van der Waals surface area (Å²) in [5, 5.41) is 0. The lowest BCUT2D eigenvalue weighted by Gasteiger charge is -2.43. The molecule has 0 radical (unpaired) electrons. The SMILES string of the molecule is CCOC(=O)[C@@H](CN)C1(N2CCCC2)CCCC1. The number of rotatable bonds is 5. The number of carbonyl (C=O) groups is 1. The minimum Gasteiger partial charge on any atom is -0.466 e. The fourth-order valence-electron chi connectivity index (χ4n) is 3.81. The largest absolute Gasteiger partial charge is 0.466 e. The van der Waals surface area contributed by atoms with Gasteiger partial charge in [0.15, 0.2) is 0 Å². The molecule has 0 aromatic heterocycles. The fraction of sp³-hybridized carbons (Fsp3) is 0.929. The molecule has 0 unspecified atom stereocenters. The third kappa shape index (κ3) is 2.41. The van der Waals surface area contributed by atoms with Crippen molar-refractivity contribution in [2.75, 3.05) is 26.2 Å². The minimum atomic E-state index is -0.141. The van der Waals surface area contributed by atoms with E-state index in [1.54, 1.807) is 0 Å². The first-order chi connectivity index (χ1) is 8.74. The third-order valence-corrected chi connectivity index (χ3v) is 4.66. The van der Waals surface area contributed by atoms with Gasteiger partial charge in [-0.25, -0.2) is 0 Å². The van der Waals surface area contributed by atoms with Crippen LogP contribution >= 0.6 is 0 Å². The van der Waals surface area contributed by atoms with Gasteiger partial charge in [-0.15, -0.1) is 0 Å². The van der Waals surface area contributed by atoms with Crippen LogP contribution in [-0.2, 0) is 9.53 Å². The van der Waals surface area contributed by atoms with Crippen molar-refractivity contribution in [2.45, 2.75) is 51.0 Å². The molecule has 2 fully saturated rings. The number of carbonyl (C=O) groups excluding carboxylic acids is 1. The summed E-state index contributed by atoms with van der Waals surface area (Å²) in [5.74, 6) is -0.230. The van der Waals surface area contributed by atoms with Gasteiger partial charge in [-0.3, -0.25) is 9.69 Å². The second-order valence-electron chi connectivity index (χ2n) is 5.55. The highest BCUT2D eigenvalue weighted by atomic mass is 16.5. The van der Waals surface area contributed by atoms with Crippen molar-refractivity contribution < 1.29 is 9.53 Å². The maximum Gasteiger partial charge on any atom is 0.312 e. The van der Waals surface area contributed by atoms with Crippen molar-refractivity contribution in [3.05, 3.63) is 0 Å². The van der Waals surface area contributed by atoms with E-state index in [1.807, 2.05) is 6.92 Å². The van der Waals surface area contributed by atoms with Crippen molar-refractivity contribution in [1.82, 2.24) is 4.90 Å². The molecule has 0 aromatic carbocycles. The molecule has 2 rings (SSSR count). The lowest BCUT2D eigenvalue weighted by Crippen LogP contribution is -2.56. The zero-order valence-corrected chi connectivity index (χ0v) is 11.5. The molecular formula is C14H26N2O2. The summed E-state index contributed by atoms with van der Waals surface area (Å²) < 4.78 is 5.25. The van der Waals surface area contributed by atoms with Crippen LogP contribution in [-0.4, -0.2) is 42.6 Å². The predicted octanol–water partition coefficient (Wildman–Crippen LogP) is 1.53. The summed E-state index contributed by atoms with van der Waals surface area (Å²) in [4.78, 5) is 14.7. The van der Waals surface area contributed by atoms with E-state index in [9.17, 15) is 4.79 Å². The number of nitrogens with two attached hydrogens (primary N) is 1. The average Bonchev–Trinajstić information content (AvgIpc) is 3.01. The first-order valence-electron chi connectivity index (χ1n) is 7.36. The van der Waals surface area contributed by atoms with Crippen LogP contribution in [0.15, 0.2) is 0 Å². The molecule has 4 nitrogen and oxygen atoms in total. The fourth-order valence-corrected chi connectivity index (χ4v) is 3.81. The predicted molar refractivity (Wildman–Crippen MR) is 71.2 cm³/mol. The Hall–Kier alpha value is -0.610. The van der Waals surface area contributed by atoms with Crippen molar-refractivity contribution in [3.8, 4) is 0 Å². The van der Waals surface area contributed by atoms with Crippen LogP contribution in [0, 0.1) is 5.92 Å². The highest BCUT2D eigenvalue weighted by Gasteiger charge is 2.49. The van der Waals surface area contributed by atoms with Gasteiger partial charge in [0.25, 0.3) is 0 Å². The number of esters is 1. The Morgan fingerprint density at radius 1 is 1.28 bits per heavy atom. The highest BCUT2D eigenvalue weighted by Crippen LogP contribution is 2.43. The summed E-state index contributed by atoms with van der Waals surface area (Å²) >= 11 is 0. The maximum atomic E-state index is 12.2. The molecule has 1 saturated carbocycles. The molecule has 1 atom stereocenters. The topological polar surface area (TPSA) is 55.6 Å². The van der Waals surface area contributed by atoms with E-state index in [0.717, 1.165) is 25.9 Å². The minimum absolute atomic E-state index is 0.00248. The first kappa shape index (κ1) is 13.8. The van der Waals surface area contributed by atoms with Crippen LogP contribution in [0.4, 0.5) is 0 Å². The van der Waals surface area contributed by atoms with Gasteiger partial charge < -0.3 is 10.5 Å². The van der Waals surface area contributed by atoms with Gasteiger partial charge in [0.1, 0.15) is 0 Å². The summed E-state index contributed by atoms with van der Waals surface area (Å²) in [6, 6.07) is 0. The second kappa shape index (κ2) is 6.02. The van der Waals surface area contributed by atoms with Crippen LogP contribution in [0.2, 0.25) is 0 Å². The van der Waals surface area contributed by atoms with Gasteiger partial charge in [-0.1, -0.05) is 12.8 Å². The summed E-state index contributed by atoms with van der Waals surface area (Å²) in [6.45, 7) is 4.97. The van der Waals surface area contributed by atoms with Crippen molar-refractivity contribution in [2.24, 2.45) is 11.7 Å². The van der Waals surface area contributed by atoms with Gasteiger partial charge in [0, 0.05) is 12.1 Å². The molecule has 1 aliphatic heterocycles. The van der Waals surface area contributed by atoms with E-state index in [4.69, 9.17) is 10.5 Å². The van der Waals surface area contributed by atoms with E-state index in [2.05, 4.69) is 4.90 Å². The summed E-state index contributed by atoms with van der Waals surface area (Å²) in [6.07, 6.45) is 7.14. The molecule has 104 valence electrons. The van der Waals surface area contributed by atoms with E-state index in [-0.39, 0.29) is 17.4 Å². The monoisotopic (exact) mass is 254 g/mol. The van der Waals surface area contributed by atoms with Gasteiger partial charge in [-0.2, -0.15) is 0 Å². The summed E-state index contributed by atoms with van der Waals surface area (Å²) in [5.41, 5.74) is 5.91. The van der Waals surface area contributed by atoms with Crippen LogP contribution < -0.4 is 5.73 Å². The lowest BCUT2D eigenvalue weighted by molar-refractivity contribution is -0.153. The number of hydrogen-bond donors (Lipinski definition) is 1. The molecule has 18 heavy (non-hydrogen) atoms. The smallest absolute Gasteiger partial charge is 0.312 e. The molecular weight excluding hydrogens is 228 g/mol. The molecule has 1 saturated heterocycles. The molecule has 2 N–H and O–H groups in total. The molecule has 2 aliphatic rings. The highest BCUT2D eigenvalue weighted by molar-refractivity contribution is 5.74. The quantitative estimate of drug-likeness (QED) is 0.756. The van der Waals surface area contributed by atoms with Gasteiger partial charge >= 0.3 is 5.97 Å². The third-order valence-electron chi connectivity index (χ3n) is 4.66. The van der Waals surface area contributed by atoms with E-state index < -0.39 is 0 Å². The van der Waals surface area contributed by atoms with Gasteiger partial charge in [-0.05, 0) is 45.7 Å².